The number of carbonyl (C=O) groups is 1. The van der Waals surface area contributed by atoms with Gasteiger partial charge in [-0.15, -0.1) is 0 Å². The molecule has 102 valence electrons. The number of carbonyl (C=O) groups excluding carboxylic acids is 1. The van der Waals surface area contributed by atoms with Crippen molar-refractivity contribution >= 4 is 17.2 Å². The maximum absolute atomic E-state index is 10.8. The van der Waals surface area contributed by atoms with Crippen LogP contribution in [0.25, 0.3) is 16.6 Å². The molecule has 0 saturated heterocycles. The van der Waals surface area contributed by atoms with Crippen LogP contribution in [0.1, 0.15) is 21.5 Å². The minimum Gasteiger partial charge on any atom is -0.507 e. The minimum atomic E-state index is -0.0736. The van der Waals surface area contributed by atoms with Crippen LogP contribution >= 0.6 is 0 Å². The van der Waals surface area contributed by atoms with E-state index >= 15 is 0 Å². The average molecular weight is 276 g/mol. The van der Waals surface area contributed by atoms with Crippen molar-refractivity contribution in [2.75, 3.05) is 0 Å². The topological polar surface area (TPSA) is 66.0 Å². The quantitative estimate of drug-likeness (QED) is 0.730. The third-order valence-corrected chi connectivity index (χ3v) is 3.50. The number of nitrogens with zero attached hydrogens (tertiary/aromatic N) is 2. The number of hydrogen-bond acceptors (Lipinski definition) is 3. The summed E-state index contributed by atoms with van der Waals surface area (Å²) in [5.74, 6) is -0.0736. The molecule has 0 fully saturated rings. The van der Waals surface area contributed by atoms with Crippen LogP contribution in [0.3, 0.4) is 0 Å². The van der Waals surface area contributed by atoms with Crippen LogP contribution in [-0.4, -0.2) is 16.0 Å². The molecule has 0 bridgehead atoms. The summed E-state index contributed by atoms with van der Waals surface area (Å²) in [6.07, 6.45) is 2.34. The number of hydrogen-bond donors (Lipinski definition) is 1. The van der Waals surface area contributed by atoms with Crippen LogP contribution in [-0.2, 0) is 0 Å². The fourth-order valence-electron chi connectivity index (χ4n) is 2.42. The van der Waals surface area contributed by atoms with E-state index in [0.29, 0.717) is 17.5 Å². The van der Waals surface area contributed by atoms with Crippen molar-refractivity contribution in [2.45, 2.75) is 6.92 Å². The number of fused-ring (bicyclic) bond motifs is 1. The molecule has 0 atom stereocenters. The molecule has 0 saturated carbocycles. The Kier molecular flexibility index (Phi) is 2.96. The first-order valence-corrected chi connectivity index (χ1v) is 6.44. The third-order valence-electron chi connectivity index (χ3n) is 3.50. The van der Waals surface area contributed by atoms with Crippen molar-refractivity contribution in [2.24, 2.45) is 0 Å². The van der Waals surface area contributed by atoms with Crippen molar-refractivity contribution in [3.8, 4) is 17.5 Å². The third kappa shape index (κ3) is 2.05. The van der Waals surface area contributed by atoms with Gasteiger partial charge in [-0.3, -0.25) is 4.79 Å². The second-order valence-corrected chi connectivity index (χ2v) is 4.91. The Morgan fingerprint density at radius 3 is 2.71 bits per heavy atom. The molecule has 1 N–H and O–H groups in total. The summed E-state index contributed by atoms with van der Waals surface area (Å²) in [6.45, 7) is 1.98. The highest BCUT2D eigenvalue weighted by Gasteiger charge is 2.11. The van der Waals surface area contributed by atoms with Crippen LogP contribution in [0, 0.1) is 18.3 Å². The van der Waals surface area contributed by atoms with Crippen molar-refractivity contribution in [3.05, 3.63) is 59.3 Å². The molecule has 0 radical (unpaired) electrons. The largest absolute Gasteiger partial charge is 0.507 e. The van der Waals surface area contributed by atoms with E-state index in [1.807, 2.05) is 29.7 Å². The molecule has 4 nitrogen and oxygen atoms in total. The van der Waals surface area contributed by atoms with Gasteiger partial charge in [-0.05, 0) is 30.7 Å². The maximum Gasteiger partial charge on any atom is 0.153 e. The van der Waals surface area contributed by atoms with Gasteiger partial charge in [0, 0.05) is 23.3 Å². The average Bonchev–Trinajstić information content (AvgIpc) is 2.85. The van der Waals surface area contributed by atoms with E-state index in [1.165, 1.54) is 6.07 Å². The van der Waals surface area contributed by atoms with Crippen LogP contribution in [0.4, 0.5) is 0 Å². The molecule has 0 aliphatic rings. The van der Waals surface area contributed by atoms with E-state index in [-0.39, 0.29) is 11.3 Å². The Bertz CT molecular complexity index is 901. The highest BCUT2D eigenvalue weighted by atomic mass is 16.3. The molecule has 0 aliphatic heterocycles. The number of aryl methyl sites for hydroxylation is 1. The smallest absolute Gasteiger partial charge is 0.153 e. The standard InChI is InChI=1S/C17H12N2O2/c1-11-2-5-15-13(8-18)9-19(16(15)6-11)14-4-3-12(10-20)17(21)7-14/h2-7,9-10,21H,1H3. The Hall–Kier alpha value is -3.06. The van der Waals surface area contributed by atoms with E-state index in [4.69, 9.17) is 0 Å². The first-order chi connectivity index (χ1) is 10.1. The Morgan fingerprint density at radius 1 is 1.24 bits per heavy atom. The summed E-state index contributed by atoms with van der Waals surface area (Å²) in [4.78, 5) is 10.8. The van der Waals surface area contributed by atoms with Gasteiger partial charge in [-0.2, -0.15) is 5.26 Å². The zero-order valence-corrected chi connectivity index (χ0v) is 11.4. The lowest BCUT2D eigenvalue weighted by atomic mass is 10.1. The van der Waals surface area contributed by atoms with Crippen LogP contribution in [0.2, 0.25) is 0 Å². The summed E-state index contributed by atoms with van der Waals surface area (Å²) in [6, 6.07) is 12.9. The summed E-state index contributed by atoms with van der Waals surface area (Å²) in [5, 5.41) is 19.9. The molecule has 0 amide bonds. The molecule has 3 rings (SSSR count). The molecular weight excluding hydrogens is 264 g/mol. The summed E-state index contributed by atoms with van der Waals surface area (Å²) in [5.41, 5.74) is 3.50. The van der Waals surface area contributed by atoms with Gasteiger partial charge in [0.05, 0.1) is 16.6 Å². The fourth-order valence-corrected chi connectivity index (χ4v) is 2.42. The van der Waals surface area contributed by atoms with Gasteiger partial charge in [0.25, 0.3) is 0 Å². The van der Waals surface area contributed by atoms with Gasteiger partial charge >= 0.3 is 0 Å². The first kappa shape index (κ1) is 12.9. The van der Waals surface area contributed by atoms with Crippen molar-refractivity contribution in [1.29, 1.82) is 5.26 Å². The van der Waals surface area contributed by atoms with Gasteiger partial charge in [0.1, 0.15) is 11.8 Å². The van der Waals surface area contributed by atoms with E-state index in [9.17, 15) is 15.2 Å². The van der Waals surface area contributed by atoms with Gasteiger partial charge < -0.3 is 9.67 Å². The SMILES string of the molecule is Cc1ccc2c(C#N)cn(-c3ccc(C=O)c(O)c3)c2c1. The second-order valence-electron chi connectivity index (χ2n) is 4.91. The van der Waals surface area contributed by atoms with Crippen molar-refractivity contribution in [1.82, 2.24) is 4.57 Å². The molecule has 21 heavy (non-hydrogen) atoms. The van der Waals surface area contributed by atoms with Crippen molar-refractivity contribution in [3.63, 3.8) is 0 Å². The number of phenolic OH excluding ortho intramolecular Hbond substituents is 1. The molecule has 4 heteroatoms. The predicted molar refractivity (Wildman–Crippen MR) is 79.8 cm³/mol. The fraction of sp³-hybridized carbons (Fsp3) is 0.0588. The summed E-state index contributed by atoms with van der Waals surface area (Å²) >= 11 is 0. The Labute approximate surface area is 121 Å². The maximum atomic E-state index is 10.8. The number of aromatic nitrogens is 1. The van der Waals surface area contributed by atoms with Gasteiger partial charge in [0.2, 0.25) is 0 Å². The second kappa shape index (κ2) is 4.80. The zero-order chi connectivity index (χ0) is 15.0. The molecule has 1 heterocycles. The normalized spacial score (nSPS) is 10.5. The van der Waals surface area contributed by atoms with E-state index in [1.54, 1.807) is 18.3 Å². The van der Waals surface area contributed by atoms with E-state index in [2.05, 4.69) is 6.07 Å². The van der Waals surface area contributed by atoms with Gasteiger partial charge in [0.15, 0.2) is 6.29 Å². The zero-order valence-electron chi connectivity index (χ0n) is 11.4. The molecular formula is C17H12N2O2. The lowest BCUT2D eigenvalue weighted by Crippen LogP contribution is -1.93. The number of nitriles is 1. The number of phenols is 1. The lowest BCUT2D eigenvalue weighted by molar-refractivity contribution is 0.112. The molecule has 2 aromatic carbocycles. The van der Waals surface area contributed by atoms with E-state index in [0.717, 1.165) is 16.5 Å². The number of rotatable bonds is 2. The Balaban J connectivity index is 2.30. The molecule has 0 unspecified atom stereocenters. The summed E-state index contributed by atoms with van der Waals surface area (Å²) < 4.78 is 1.84. The van der Waals surface area contributed by atoms with E-state index < -0.39 is 0 Å². The van der Waals surface area contributed by atoms with Crippen molar-refractivity contribution < 1.29 is 9.90 Å². The van der Waals surface area contributed by atoms with Crippen LogP contribution in [0.5, 0.6) is 5.75 Å². The minimum absolute atomic E-state index is 0.0736. The number of benzene rings is 2. The molecule has 3 aromatic rings. The van der Waals surface area contributed by atoms with Gasteiger partial charge in [-0.1, -0.05) is 12.1 Å². The lowest BCUT2D eigenvalue weighted by Gasteiger charge is -2.07. The number of aldehydes is 1. The molecule has 0 spiro atoms. The highest BCUT2D eigenvalue weighted by molar-refractivity contribution is 5.89. The van der Waals surface area contributed by atoms with Crippen LogP contribution < -0.4 is 0 Å². The monoisotopic (exact) mass is 276 g/mol. The van der Waals surface area contributed by atoms with Crippen LogP contribution in [0.15, 0.2) is 42.6 Å². The van der Waals surface area contributed by atoms with Gasteiger partial charge in [-0.25, -0.2) is 0 Å². The molecule has 0 aliphatic carbocycles. The highest BCUT2D eigenvalue weighted by Crippen LogP contribution is 2.27. The first-order valence-electron chi connectivity index (χ1n) is 6.44. The Morgan fingerprint density at radius 2 is 2.05 bits per heavy atom. The summed E-state index contributed by atoms with van der Waals surface area (Å²) in [7, 11) is 0. The molecule has 1 aromatic heterocycles. The number of aromatic hydroxyl groups is 1. The predicted octanol–water partition coefficient (Wildman–Crippen LogP) is 3.33.